The molecular formula is C66H78BN3. The van der Waals surface area contributed by atoms with Crippen molar-refractivity contribution >= 4 is 62.9 Å². The van der Waals surface area contributed by atoms with Gasteiger partial charge in [0.15, 0.2) is 0 Å². The fourth-order valence-electron chi connectivity index (χ4n) is 15.4. The van der Waals surface area contributed by atoms with Gasteiger partial charge < -0.3 is 14.7 Å². The van der Waals surface area contributed by atoms with Gasteiger partial charge in [-0.25, -0.2) is 0 Å². The summed E-state index contributed by atoms with van der Waals surface area (Å²) in [6.07, 6.45) is 9.81. The van der Waals surface area contributed by atoms with E-state index in [0.29, 0.717) is 0 Å². The third-order valence-electron chi connectivity index (χ3n) is 19.7. The Hall–Kier alpha value is -5.22. The highest BCUT2D eigenvalue weighted by molar-refractivity contribution is 7.00. The van der Waals surface area contributed by atoms with Crippen LogP contribution in [-0.4, -0.2) is 17.8 Å². The molecule has 4 aliphatic heterocycles. The van der Waals surface area contributed by atoms with Crippen LogP contribution in [0.25, 0.3) is 11.1 Å². The number of hydrogen-bond acceptors (Lipinski definition) is 3. The molecule has 2 saturated carbocycles. The van der Waals surface area contributed by atoms with E-state index in [0.717, 1.165) is 0 Å². The molecule has 0 N–H and O–H groups in total. The molecule has 6 aliphatic rings. The Kier molecular flexibility index (Phi) is 9.64. The topological polar surface area (TPSA) is 9.72 Å². The molecule has 0 aromatic heterocycles. The van der Waals surface area contributed by atoms with Gasteiger partial charge in [-0.15, -0.1) is 0 Å². The van der Waals surface area contributed by atoms with Crippen LogP contribution in [0.5, 0.6) is 0 Å². The SMILES string of the molecule is Cc1cc(C)c2c(c1)N(c1cc3c4c(c1)N1c5c(cc(C(C)(C)C)cc5C5(C)CCCCC15C)B4c1ccc(C(C)(C)C)cc1N3c1ccc(C(C)(C)C)cc1-c1ccccc1)C1(C)CCCCC21C. The van der Waals surface area contributed by atoms with E-state index in [1.54, 1.807) is 11.1 Å². The lowest BCUT2D eigenvalue weighted by atomic mass is 9.33. The number of rotatable bonds is 3. The van der Waals surface area contributed by atoms with Crippen molar-refractivity contribution in [1.29, 1.82) is 0 Å². The molecular weight excluding hydrogens is 846 g/mol. The first-order valence-corrected chi connectivity index (χ1v) is 27.1. The lowest BCUT2D eigenvalue weighted by molar-refractivity contribution is 0.193. The van der Waals surface area contributed by atoms with Crippen molar-refractivity contribution in [3.63, 3.8) is 0 Å². The Bertz CT molecular complexity index is 3180. The van der Waals surface area contributed by atoms with E-state index in [-0.39, 0.29) is 44.9 Å². The van der Waals surface area contributed by atoms with Crippen molar-refractivity contribution in [3.8, 4) is 11.1 Å². The zero-order valence-electron chi connectivity index (χ0n) is 45.4. The Morgan fingerprint density at radius 3 is 1.76 bits per heavy atom. The van der Waals surface area contributed by atoms with Crippen LogP contribution in [0.2, 0.25) is 0 Å². The van der Waals surface area contributed by atoms with Crippen molar-refractivity contribution in [3.05, 3.63) is 142 Å². The molecule has 0 bridgehead atoms. The van der Waals surface area contributed by atoms with E-state index in [2.05, 4.69) is 222 Å². The molecule has 2 fully saturated rings. The Morgan fingerprint density at radius 2 is 1.09 bits per heavy atom. The summed E-state index contributed by atoms with van der Waals surface area (Å²) in [6.45, 7) is 36.9. The molecule has 0 spiro atoms. The van der Waals surface area contributed by atoms with E-state index in [9.17, 15) is 0 Å². The quantitative estimate of drug-likeness (QED) is 0.164. The van der Waals surface area contributed by atoms with Crippen LogP contribution in [0.4, 0.5) is 39.8 Å². The maximum Gasteiger partial charge on any atom is 0.252 e. The Balaban J connectivity index is 1.26. The number of benzene rings is 6. The summed E-state index contributed by atoms with van der Waals surface area (Å²) in [5.41, 5.74) is 26.4. The van der Waals surface area contributed by atoms with Gasteiger partial charge in [0, 0.05) is 50.5 Å². The average Bonchev–Trinajstić information content (AvgIpc) is 3.64. The van der Waals surface area contributed by atoms with Gasteiger partial charge in [-0.2, -0.15) is 0 Å². The van der Waals surface area contributed by atoms with E-state index < -0.39 is 0 Å². The number of fused-ring (bicyclic) bond motifs is 10. The van der Waals surface area contributed by atoms with Crippen molar-refractivity contribution in [2.45, 2.75) is 193 Å². The first kappa shape index (κ1) is 45.9. The van der Waals surface area contributed by atoms with Gasteiger partial charge in [-0.1, -0.05) is 169 Å². The number of hydrogen-bond donors (Lipinski definition) is 0. The maximum absolute atomic E-state index is 2.97. The first-order valence-electron chi connectivity index (χ1n) is 27.1. The third-order valence-corrected chi connectivity index (χ3v) is 19.7. The van der Waals surface area contributed by atoms with Crippen LogP contribution in [-0.2, 0) is 27.1 Å². The molecule has 70 heavy (non-hydrogen) atoms. The Morgan fingerprint density at radius 1 is 0.486 bits per heavy atom. The summed E-state index contributed by atoms with van der Waals surface area (Å²) in [5.74, 6) is 0. The molecule has 2 aliphatic carbocycles. The smallest absolute Gasteiger partial charge is 0.252 e. The molecule has 0 saturated heterocycles. The lowest BCUT2D eigenvalue weighted by Crippen LogP contribution is -2.64. The second kappa shape index (κ2) is 14.7. The van der Waals surface area contributed by atoms with Crippen LogP contribution >= 0.6 is 0 Å². The van der Waals surface area contributed by atoms with Crippen molar-refractivity contribution in [1.82, 2.24) is 0 Å². The highest BCUT2D eigenvalue weighted by Crippen LogP contribution is 2.65. The molecule has 4 heterocycles. The second-order valence-corrected chi connectivity index (χ2v) is 27.0. The van der Waals surface area contributed by atoms with Gasteiger partial charge in [0.2, 0.25) is 0 Å². The van der Waals surface area contributed by atoms with Gasteiger partial charge >= 0.3 is 0 Å². The van der Waals surface area contributed by atoms with E-state index in [1.807, 2.05) is 0 Å². The average molecular weight is 924 g/mol. The molecule has 3 nitrogen and oxygen atoms in total. The minimum Gasteiger partial charge on any atom is -0.335 e. The molecule has 6 aromatic rings. The zero-order chi connectivity index (χ0) is 49.5. The molecule has 0 amide bonds. The molecule has 6 aromatic carbocycles. The summed E-state index contributed by atoms with van der Waals surface area (Å²) in [4.78, 5) is 8.62. The predicted octanol–water partition coefficient (Wildman–Crippen LogP) is 16.0. The summed E-state index contributed by atoms with van der Waals surface area (Å²) >= 11 is 0. The van der Waals surface area contributed by atoms with Gasteiger partial charge in [0.1, 0.15) is 0 Å². The fraction of sp³-hybridized carbons (Fsp3) is 0.455. The zero-order valence-corrected chi connectivity index (χ0v) is 45.4. The van der Waals surface area contributed by atoms with Crippen molar-refractivity contribution < 1.29 is 0 Å². The lowest BCUT2D eigenvalue weighted by Gasteiger charge is -2.54. The van der Waals surface area contributed by atoms with Gasteiger partial charge in [-0.05, 0) is 167 Å². The van der Waals surface area contributed by atoms with Crippen LogP contribution in [0.1, 0.15) is 180 Å². The summed E-state index contributed by atoms with van der Waals surface area (Å²) < 4.78 is 0. The van der Waals surface area contributed by atoms with Crippen LogP contribution < -0.4 is 31.1 Å². The largest absolute Gasteiger partial charge is 0.335 e. The minimum atomic E-state index is -0.0969. The molecule has 4 unspecified atom stereocenters. The highest BCUT2D eigenvalue weighted by atomic mass is 15.3. The monoisotopic (exact) mass is 924 g/mol. The van der Waals surface area contributed by atoms with Crippen LogP contribution in [0.3, 0.4) is 0 Å². The minimum absolute atomic E-state index is 0.00274. The molecule has 360 valence electrons. The third kappa shape index (κ3) is 6.07. The van der Waals surface area contributed by atoms with Crippen LogP contribution in [0, 0.1) is 13.8 Å². The second-order valence-electron chi connectivity index (χ2n) is 27.0. The van der Waals surface area contributed by atoms with Gasteiger partial charge in [0.25, 0.3) is 6.71 Å². The van der Waals surface area contributed by atoms with Gasteiger partial charge in [-0.3, -0.25) is 0 Å². The van der Waals surface area contributed by atoms with Crippen LogP contribution in [0.15, 0.2) is 103 Å². The number of anilines is 7. The first-order chi connectivity index (χ1) is 32.9. The number of aryl methyl sites for hydroxylation is 2. The normalized spacial score (nSPS) is 25.3. The molecule has 12 rings (SSSR count). The van der Waals surface area contributed by atoms with Crippen molar-refractivity contribution in [2.24, 2.45) is 0 Å². The maximum atomic E-state index is 2.97. The number of nitrogens with zero attached hydrogens (tertiary/aromatic N) is 3. The summed E-state index contributed by atoms with van der Waals surface area (Å²) in [6, 6.07) is 42.1. The molecule has 4 atom stereocenters. The van der Waals surface area contributed by atoms with E-state index >= 15 is 0 Å². The van der Waals surface area contributed by atoms with Crippen molar-refractivity contribution in [2.75, 3.05) is 14.7 Å². The van der Waals surface area contributed by atoms with E-state index in [1.165, 1.54) is 147 Å². The highest BCUT2D eigenvalue weighted by Gasteiger charge is 2.63. The standard InChI is InChI=1S/C66H78BN3/c1-41-33-42(2)57-54(34-41)69(66(15)32-22-20-30-64(57,66)13)47-39-55-58-56(40-47)70-59-49(63(12)29-19-21-31-65(63,70)14)36-46(62(9,10)11)37-51(59)67(58)50-27-25-45(61(6,7)8)38-53(50)68(55)52-28-26-44(60(3,4)5)35-48(52)43-23-17-16-18-24-43/h16-18,23-28,33-40H,19-22,29-32H2,1-15H3. The molecule has 0 radical (unpaired) electrons. The Labute approximate surface area is 422 Å². The summed E-state index contributed by atoms with van der Waals surface area (Å²) in [7, 11) is 0. The van der Waals surface area contributed by atoms with Gasteiger partial charge in [0.05, 0.1) is 16.8 Å². The summed E-state index contributed by atoms with van der Waals surface area (Å²) in [5, 5.41) is 0. The predicted molar refractivity (Wildman–Crippen MR) is 302 cm³/mol. The van der Waals surface area contributed by atoms with E-state index in [4.69, 9.17) is 0 Å². The molecule has 4 heteroatoms. The fourth-order valence-corrected chi connectivity index (χ4v) is 15.4.